The Morgan fingerprint density at radius 2 is 2.47 bits per heavy atom. The number of hydrogen-bond acceptors (Lipinski definition) is 4. The van der Waals surface area contributed by atoms with Crippen molar-refractivity contribution in [1.82, 2.24) is 0 Å². The van der Waals surface area contributed by atoms with Crippen LogP contribution in [0.3, 0.4) is 0 Å². The molecule has 0 aromatic carbocycles. The zero-order valence-electron chi connectivity index (χ0n) is 8.31. The van der Waals surface area contributed by atoms with E-state index >= 15 is 0 Å². The summed E-state index contributed by atoms with van der Waals surface area (Å²) in [6.45, 7) is 0.220. The van der Waals surface area contributed by atoms with E-state index in [0.29, 0.717) is 25.0 Å². The fourth-order valence-corrected chi connectivity index (χ4v) is 1.98. The molecule has 0 saturated carbocycles. The minimum Gasteiger partial charge on any atom is -0.478 e. The van der Waals surface area contributed by atoms with Crippen molar-refractivity contribution >= 4 is 5.97 Å². The van der Waals surface area contributed by atoms with E-state index in [4.69, 9.17) is 19.7 Å². The van der Waals surface area contributed by atoms with Gasteiger partial charge < -0.3 is 19.7 Å². The van der Waals surface area contributed by atoms with E-state index in [1.54, 1.807) is 0 Å². The van der Waals surface area contributed by atoms with Crippen LogP contribution in [0.4, 0.5) is 0 Å². The first kappa shape index (κ1) is 10.6. The maximum absolute atomic E-state index is 10.8. The van der Waals surface area contributed by atoms with Gasteiger partial charge in [0, 0.05) is 12.0 Å². The van der Waals surface area contributed by atoms with E-state index in [9.17, 15) is 4.79 Å². The second-order valence-electron chi connectivity index (χ2n) is 3.87. The van der Waals surface area contributed by atoms with Crippen molar-refractivity contribution in [2.45, 2.75) is 31.2 Å². The molecule has 15 heavy (non-hydrogen) atoms. The lowest BCUT2D eigenvalue weighted by atomic mass is 9.95. The number of carbonyl (C=O) groups is 1. The molecule has 0 radical (unpaired) electrons. The Bertz CT molecular complexity index is 298. The van der Waals surface area contributed by atoms with E-state index < -0.39 is 11.8 Å². The van der Waals surface area contributed by atoms with Crippen molar-refractivity contribution in [2.75, 3.05) is 13.2 Å². The van der Waals surface area contributed by atoms with Crippen LogP contribution in [0.1, 0.15) is 19.3 Å². The van der Waals surface area contributed by atoms with Crippen molar-refractivity contribution in [2.24, 2.45) is 0 Å². The van der Waals surface area contributed by atoms with Crippen LogP contribution in [0.15, 0.2) is 11.6 Å². The number of carboxylic acid groups (broad SMARTS) is 1. The minimum absolute atomic E-state index is 0.0992. The van der Waals surface area contributed by atoms with E-state index in [2.05, 4.69) is 0 Å². The number of hydrogen-bond donors (Lipinski definition) is 2. The first-order valence-corrected chi connectivity index (χ1v) is 5.03. The summed E-state index contributed by atoms with van der Waals surface area (Å²) in [5.74, 6) is -1.83. The molecule has 1 aliphatic carbocycles. The van der Waals surface area contributed by atoms with Gasteiger partial charge in [0.25, 0.3) is 0 Å². The standard InChI is InChI=1S/C10H14O5/c11-5-8-6-14-10(15-8)3-1-2-7(4-10)9(12)13/h4,8,11H,1-3,5-6H2,(H,12,13). The topological polar surface area (TPSA) is 76.0 Å². The van der Waals surface area contributed by atoms with Crippen LogP contribution in [0.2, 0.25) is 0 Å². The molecular weight excluding hydrogens is 200 g/mol. The molecule has 2 N–H and O–H groups in total. The number of aliphatic hydroxyl groups excluding tert-OH is 1. The quantitative estimate of drug-likeness (QED) is 0.690. The third kappa shape index (κ3) is 2.04. The highest BCUT2D eigenvalue weighted by molar-refractivity contribution is 5.86. The molecule has 84 valence electrons. The highest BCUT2D eigenvalue weighted by Crippen LogP contribution is 2.36. The summed E-state index contributed by atoms with van der Waals surface area (Å²) in [5, 5.41) is 17.8. The molecule has 1 spiro atoms. The van der Waals surface area contributed by atoms with Crippen LogP contribution in [-0.2, 0) is 14.3 Å². The molecular formula is C10H14O5. The van der Waals surface area contributed by atoms with Crippen LogP contribution >= 0.6 is 0 Å². The Hall–Kier alpha value is -0.910. The average molecular weight is 214 g/mol. The Kier molecular flexibility index (Phi) is 2.77. The van der Waals surface area contributed by atoms with Crippen LogP contribution in [0, 0.1) is 0 Å². The van der Waals surface area contributed by atoms with Crippen LogP contribution in [0.5, 0.6) is 0 Å². The molecule has 1 heterocycles. The summed E-state index contributed by atoms with van der Waals surface area (Å²) in [6.07, 6.45) is 3.13. The predicted octanol–water partition coefficient (Wildman–Crippen LogP) is 0.285. The van der Waals surface area contributed by atoms with Crippen molar-refractivity contribution in [3.05, 3.63) is 11.6 Å². The van der Waals surface area contributed by atoms with Gasteiger partial charge in [0.1, 0.15) is 6.10 Å². The number of aliphatic hydroxyl groups is 1. The lowest BCUT2D eigenvalue weighted by Gasteiger charge is -2.28. The Morgan fingerprint density at radius 1 is 1.67 bits per heavy atom. The van der Waals surface area contributed by atoms with Gasteiger partial charge in [-0.1, -0.05) is 0 Å². The fraction of sp³-hybridized carbons (Fsp3) is 0.700. The molecule has 2 rings (SSSR count). The smallest absolute Gasteiger partial charge is 0.331 e. The predicted molar refractivity (Wildman–Crippen MR) is 50.2 cm³/mol. The summed E-state index contributed by atoms with van der Waals surface area (Å²) in [5.41, 5.74) is 0.333. The second kappa shape index (κ2) is 3.92. The van der Waals surface area contributed by atoms with Gasteiger partial charge in [0.2, 0.25) is 0 Å². The van der Waals surface area contributed by atoms with E-state index in [-0.39, 0.29) is 12.7 Å². The Labute approximate surface area is 87.3 Å². The maximum Gasteiger partial charge on any atom is 0.331 e. The number of aliphatic carboxylic acids is 1. The highest BCUT2D eigenvalue weighted by Gasteiger charge is 2.41. The number of carboxylic acids is 1. The molecule has 0 amide bonds. The average Bonchev–Trinajstić information content (AvgIpc) is 2.61. The molecule has 5 heteroatoms. The zero-order valence-corrected chi connectivity index (χ0v) is 8.31. The Morgan fingerprint density at radius 3 is 3.07 bits per heavy atom. The molecule has 0 bridgehead atoms. The minimum atomic E-state index is -0.922. The van der Waals surface area contributed by atoms with Gasteiger partial charge in [-0.2, -0.15) is 0 Å². The van der Waals surface area contributed by atoms with Gasteiger partial charge in [0.15, 0.2) is 5.79 Å². The fourth-order valence-electron chi connectivity index (χ4n) is 1.98. The van der Waals surface area contributed by atoms with Gasteiger partial charge in [-0.05, 0) is 18.9 Å². The second-order valence-corrected chi connectivity index (χ2v) is 3.87. The maximum atomic E-state index is 10.8. The van der Waals surface area contributed by atoms with Gasteiger partial charge >= 0.3 is 5.97 Å². The van der Waals surface area contributed by atoms with Crippen LogP contribution in [-0.4, -0.2) is 41.3 Å². The van der Waals surface area contributed by atoms with Gasteiger partial charge in [-0.3, -0.25) is 0 Å². The molecule has 2 unspecified atom stereocenters. The van der Waals surface area contributed by atoms with E-state index in [1.165, 1.54) is 6.08 Å². The van der Waals surface area contributed by atoms with E-state index in [0.717, 1.165) is 6.42 Å². The van der Waals surface area contributed by atoms with E-state index in [1.807, 2.05) is 0 Å². The molecule has 2 atom stereocenters. The first-order chi connectivity index (χ1) is 7.15. The largest absolute Gasteiger partial charge is 0.478 e. The molecule has 0 aromatic heterocycles. The summed E-state index contributed by atoms with van der Waals surface area (Å²) < 4.78 is 11.0. The molecule has 1 saturated heterocycles. The van der Waals surface area contributed by atoms with Gasteiger partial charge in [-0.25, -0.2) is 4.79 Å². The van der Waals surface area contributed by atoms with Crippen LogP contribution in [0.25, 0.3) is 0 Å². The van der Waals surface area contributed by atoms with Crippen molar-refractivity contribution in [3.8, 4) is 0 Å². The summed E-state index contributed by atoms with van der Waals surface area (Å²) in [6, 6.07) is 0. The van der Waals surface area contributed by atoms with Crippen molar-refractivity contribution in [1.29, 1.82) is 0 Å². The molecule has 0 aromatic rings. The summed E-state index contributed by atoms with van der Waals surface area (Å²) in [4.78, 5) is 10.8. The van der Waals surface area contributed by atoms with Gasteiger partial charge in [0.05, 0.1) is 13.2 Å². The monoisotopic (exact) mass is 214 g/mol. The number of ether oxygens (including phenoxy) is 2. The van der Waals surface area contributed by atoms with Gasteiger partial charge in [-0.15, -0.1) is 0 Å². The SMILES string of the molecule is O=C(O)C1=CC2(CCC1)OCC(CO)O2. The summed E-state index contributed by atoms with van der Waals surface area (Å²) >= 11 is 0. The zero-order chi connectivity index (χ0) is 10.9. The third-order valence-corrected chi connectivity index (χ3v) is 2.72. The lowest BCUT2D eigenvalue weighted by molar-refractivity contribution is -0.146. The molecule has 1 fully saturated rings. The Balaban J connectivity index is 2.15. The van der Waals surface area contributed by atoms with Crippen molar-refractivity contribution in [3.63, 3.8) is 0 Å². The first-order valence-electron chi connectivity index (χ1n) is 5.03. The normalized spacial score (nSPS) is 35.5. The lowest BCUT2D eigenvalue weighted by Crippen LogP contribution is -2.32. The highest BCUT2D eigenvalue weighted by atomic mass is 16.7. The molecule has 2 aliphatic rings. The third-order valence-electron chi connectivity index (χ3n) is 2.72. The van der Waals surface area contributed by atoms with Crippen molar-refractivity contribution < 1.29 is 24.5 Å². The number of rotatable bonds is 2. The molecule has 1 aliphatic heterocycles. The summed E-state index contributed by atoms with van der Waals surface area (Å²) in [7, 11) is 0. The molecule has 5 nitrogen and oxygen atoms in total. The van der Waals surface area contributed by atoms with Crippen LogP contribution < -0.4 is 0 Å².